The van der Waals surface area contributed by atoms with Crippen molar-refractivity contribution in [3.05, 3.63) is 78.0 Å². The fourth-order valence-electron chi connectivity index (χ4n) is 3.46. The van der Waals surface area contributed by atoms with Crippen LogP contribution in [0.2, 0.25) is 0 Å². The molecule has 0 saturated heterocycles. The summed E-state index contributed by atoms with van der Waals surface area (Å²) in [7, 11) is 0. The van der Waals surface area contributed by atoms with Crippen molar-refractivity contribution < 1.29 is 0 Å². The van der Waals surface area contributed by atoms with Crippen LogP contribution in [0, 0.1) is 6.92 Å². The summed E-state index contributed by atoms with van der Waals surface area (Å²) in [5.41, 5.74) is 7.45. The third kappa shape index (κ3) is 2.87. The number of hydrogen-bond acceptors (Lipinski definition) is 4. The first-order valence-corrected chi connectivity index (χ1v) is 9.10. The van der Waals surface area contributed by atoms with Crippen molar-refractivity contribution >= 4 is 11.6 Å². The van der Waals surface area contributed by atoms with Crippen LogP contribution in [0.15, 0.2) is 66.9 Å². The fourth-order valence-corrected chi connectivity index (χ4v) is 3.46. The van der Waals surface area contributed by atoms with Gasteiger partial charge >= 0.3 is 0 Å². The van der Waals surface area contributed by atoms with Crippen LogP contribution in [0.5, 0.6) is 0 Å². The van der Waals surface area contributed by atoms with Crippen LogP contribution in [0.1, 0.15) is 11.1 Å². The predicted octanol–water partition coefficient (Wildman–Crippen LogP) is 4.62. The van der Waals surface area contributed by atoms with E-state index in [0.29, 0.717) is 5.95 Å². The summed E-state index contributed by atoms with van der Waals surface area (Å²) in [4.78, 5) is 9.33. The van der Waals surface area contributed by atoms with E-state index in [9.17, 15) is 0 Å². The fraction of sp³-hybridized carbons (Fsp3) is 0.136. The van der Waals surface area contributed by atoms with Crippen LogP contribution in [0.4, 0.5) is 11.6 Å². The number of anilines is 2. The van der Waals surface area contributed by atoms with E-state index in [1.807, 2.05) is 42.6 Å². The summed E-state index contributed by atoms with van der Waals surface area (Å²) in [6.45, 7) is 2.92. The molecular formula is C22H19N5. The van der Waals surface area contributed by atoms with Crippen LogP contribution in [0.3, 0.4) is 0 Å². The number of aromatic nitrogens is 4. The molecule has 0 saturated carbocycles. The van der Waals surface area contributed by atoms with E-state index in [2.05, 4.69) is 46.2 Å². The normalized spacial score (nSPS) is 12.3. The molecule has 3 heterocycles. The van der Waals surface area contributed by atoms with Gasteiger partial charge in [0.2, 0.25) is 5.95 Å². The molecule has 0 amide bonds. The first-order valence-electron chi connectivity index (χ1n) is 9.10. The van der Waals surface area contributed by atoms with Crippen molar-refractivity contribution in [1.29, 1.82) is 0 Å². The Hall–Kier alpha value is -3.47. The molecule has 5 rings (SSSR count). The van der Waals surface area contributed by atoms with E-state index < -0.39 is 0 Å². The quantitative estimate of drug-likeness (QED) is 0.584. The molecule has 5 heteroatoms. The number of fused-ring (bicyclic) bond motifs is 3. The van der Waals surface area contributed by atoms with Crippen molar-refractivity contribution in [2.75, 3.05) is 5.32 Å². The Morgan fingerprint density at radius 2 is 1.81 bits per heavy atom. The van der Waals surface area contributed by atoms with Crippen LogP contribution < -0.4 is 5.32 Å². The van der Waals surface area contributed by atoms with Gasteiger partial charge in [0.25, 0.3) is 0 Å². The Morgan fingerprint density at radius 1 is 1.00 bits per heavy atom. The highest BCUT2D eigenvalue weighted by molar-refractivity contribution is 5.70. The van der Waals surface area contributed by atoms with Crippen molar-refractivity contribution in [3.8, 4) is 22.6 Å². The van der Waals surface area contributed by atoms with Gasteiger partial charge in [-0.15, -0.1) is 0 Å². The first kappa shape index (κ1) is 15.8. The van der Waals surface area contributed by atoms with Crippen molar-refractivity contribution in [1.82, 2.24) is 19.7 Å². The maximum atomic E-state index is 4.81. The molecule has 27 heavy (non-hydrogen) atoms. The van der Waals surface area contributed by atoms with E-state index in [1.165, 1.54) is 0 Å². The number of nitrogens with zero attached hydrogens (tertiary/aromatic N) is 4. The second kappa shape index (κ2) is 6.36. The Morgan fingerprint density at radius 3 is 2.67 bits per heavy atom. The second-order valence-corrected chi connectivity index (χ2v) is 6.76. The van der Waals surface area contributed by atoms with Gasteiger partial charge < -0.3 is 5.32 Å². The lowest BCUT2D eigenvalue weighted by Gasteiger charge is -2.17. The molecule has 1 N–H and O–H groups in total. The lowest BCUT2D eigenvalue weighted by atomic mass is 10.1. The zero-order valence-electron chi connectivity index (χ0n) is 15.1. The van der Waals surface area contributed by atoms with E-state index in [0.717, 1.165) is 52.4 Å². The van der Waals surface area contributed by atoms with E-state index in [1.54, 1.807) is 0 Å². The Balaban J connectivity index is 1.54. The molecule has 0 unspecified atom stereocenters. The average Bonchev–Trinajstić information content (AvgIpc) is 3.15. The molecule has 5 nitrogen and oxygen atoms in total. The van der Waals surface area contributed by atoms with E-state index in [-0.39, 0.29) is 0 Å². The molecule has 132 valence electrons. The molecule has 0 fully saturated rings. The lowest BCUT2D eigenvalue weighted by molar-refractivity contribution is 0.604. The van der Waals surface area contributed by atoms with Crippen LogP contribution >= 0.6 is 0 Å². The Labute approximate surface area is 157 Å². The predicted molar refractivity (Wildman–Crippen MR) is 107 cm³/mol. The maximum absolute atomic E-state index is 4.81. The van der Waals surface area contributed by atoms with Gasteiger partial charge in [-0.1, -0.05) is 48.5 Å². The molecule has 1 aliphatic heterocycles. The van der Waals surface area contributed by atoms with Crippen molar-refractivity contribution in [2.45, 2.75) is 19.9 Å². The van der Waals surface area contributed by atoms with E-state index >= 15 is 0 Å². The number of aryl methyl sites for hydroxylation is 3. The lowest BCUT2D eigenvalue weighted by Crippen LogP contribution is -2.14. The number of para-hydroxylation sites is 1. The summed E-state index contributed by atoms with van der Waals surface area (Å²) < 4.78 is 2.05. The minimum absolute atomic E-state index is 0.610. The molecule has 1 aliphatic rings. The second-order valence-electron chi connectivity index (χ2n) is 6.76. The molecule has 2 aromatic carbocycles. The van der Waals surface area contributed by atoms with Crippen molar-refractivity contribution in [2.24, 2.45) is 0 Å². The molecule has 4 aromatic rings. The minimum Gasteiger partial charge on any atom is -0.324 e. The Bertz CT molecular complexity index is 1110. The summed E-state index contributed by atoms with van der Waals surface area (Å²) in [6.07, 6.45) is 2.82. The molecular weight excluding hydrogens is 334 g/mol. The molecule has 0 atom stereocenters. The van der Waals surface area contributed by atoms with Gasteiger partial charge in [-0.3, -0.25) is 4.68 Å². The number of rotatable bonds is 3. The number of nitrogens with one attached hydrogen (secondary N) is 1. The first-order chi connectivity index (χ1) is 13.3. The van der Waals surface area contributed by atoms with Crippen LogP contribution in [0.25, 0.3) is 22.6 Å². The standard InChI is InChI=1S/C22H19N5/c1-15-7-5-6-10-18(15)24-22-23-14-17-11-12-27-20(21(17)25-22)13-19(26-27)16-8-3-2-4-9-16/h2-10,13-14H,11-12H2,1H3,(H,23,24,25). The highest BCUT2D eigenvalue weighted by atomic mass is 15.3. The summed E-state index contributed by atoms with van der Waals surface area (Å²) >= 11 is 0. The highest BCUT2D eigenvalue weighted by Gasteiger charge is 2.21. The third-order valence-corrected chi connectivity index (χ3v) is 4.94. The zero-order valence-corrected chi connectivity index (χ0v) is 15.1. The Kier molecular flexibility index (Phi) is 3.71. The summed E-state index contributed by atoms with van der Waals surface area (Å²) in [6, 6.07) is 20.5. The maximum Gasteiger partial charge on any atom is 0.227 e. The molecule has 0 aliphatic carbocycles. The molecule has 0 bridgehead atoms. The minimum atomic E-state index is 0.610. The van der Waals surface area contributed by atoms with Crippen LogP contribution in [-0.4, -0.2) is 19.7 Å². The average molecular weight is 353 g/mol. The van der Waals surface area contributed by atoms with Gasteiger partial charge in [-0.25, -0.2) is 9.97 Å². The monoisotopic (exact) mass is 353 g/mol. The van der Waals surface area contributed by atoms with Gasteiger partial charge in [0.15, 0.2) is 0 Å². The molecule has 0 spiro atoms. The molecule has 2 aromatic heterocycles. The largest absolute Gasteiger partial charge is 0.324 e. The number of hydrogen-bond donors (Lipinski definition) is 1. The highest BCUT2D eigenvalue weighted by Crippen LogP contribution is 2.32. The van der Waals surface area contributed by atoms with Gasteiger partial charge in [-0.05, 0) is 31.0 Å². The summed E-state index contributed by atoms with van der Waals surface area (Å²) in [5, 5.41) is 8.12. The van der Waals surface area contributed by atoms with Gasteiger partial charge in [-0.2, -0.15) is 5.10 Å². The van der Waals surface area contributed by atoms with Gasteiger partial charge in [0.05, 0.1) is 17.1 Å². The van der Waals surface area contributed by atoms with Crippen molar-refractivity contribution in [3.63, 3.8) is 0 Å². The topological polar surface area (TPSA) is 55.6 Å². The molecule has 0 radical (unpaired) electrons. The summed E-state index contributed by atoms with van der Waals surface area (Å²) in [5.74, 6) is 0.610. The van der Waals surface area contributed by atoms with Gasteiger partial charge in [0, 0.05) is 29.6 Å². The van der Waals surface area contributed by atoms with Crippen LogP contribution in [-0.2, 0) is 13.0 Å². The van der Waals surface area contributed by atoms with Gasteiger partial charge in [0.1, 0.15) is 0 Å². The SMILES string of the molecule is Cc1ccccc1Nc1ncc2c(n1)-c1cc(-c3ccccc3)nn1CC2. The zero-order chi connectivity index (χ0) is 18.2. The third-order valence-electron chi connectivity index (χ3n) is 4.94. The smallest absolute Gasteiger partial charge is 0.227 e. The number of benzene rings is 2. The van der Waals surface area contributed by atoms with E-state index in [4.69, 9.17) is 10.1 Å².